The molecule has 0 aromatic carbocycles. The van der Waals surface area contributed by atoms with Gasteiger partial charge in [-0.25, -0.2) is 4.98 Å². The number of likely N-dealkylation sites (N-methyl/N-ethyl adjacent to an activating group) is 1. The number of carbonyl (C=O) groups is 1. The number of pyridine rings is 1. The molecule has 1 rings (SSSR count). The van der Waals surface area contributed by atoms with E-state index in [1.807, 2.05) is 0 Å². The molecular formula is C9H9ClF3N3O. The SMILES string of the molecule is CNC(=O)CNc1cc(C(F)(F)F)cc(Cl)n1. The molecular weight excluding hydrogens is 259 g/mol. The van der Waals surface area contributed by atoms with Crippen LogP contribution in [0.4, 0.5) is 19.0 Å². The second kappa shape index (κ2) is 5.22. The first-order valence-electron chi connectivity index (χ1n) is 4.52. The fraction of sp³-hybridized carbons (Fsp3) is 0.333. The highest BCUT2D eigenvalue weighted by Crippen LogP contribution is 2.31. The van der Waals surface area contributed by atoms with Crippen LogP contribution in [0.5, 0.6) is 0 Å². The highest BCUT2D eigenvalue weighted by Gasteiger charge is 2.31. The van der Waals surface area contributed by atoms with Crippen LogP contribution >= 0.6 is 11.6 Å². The van der Waals surface area contributed by atoms with Crippen molar-refractivity contribution < 1.29 is 18.0 Å². The Morgan fingerprint density at radius 2 is 2.12 bits per heavy atom. The van der Waals surface area contributed by atoms with Crippen molar-refractivity contribution in [3.63, 3.8) is 0 Å². The summed E-state index contributed by atoms with van der Waals surface area (Å²) in [6.07, 6.45) is -4.50. The van der Waals surface area contributed by atoms with Crippen molar-refractivity contribution in [1.82, 2.24) is 10.3 Å². The van der Waals surface area contributed by atoms with Crippen LogP contribution in [-0.2, 0) is 11.0 Å². The zero-order valence-electron chi connectivity index (χ0n) is 8.73. The predicted octanol–water partition coefficient (Wildman–Crippen LogP) is 1.91. The van der Waals surface area contributed by atoms with Gasteiger partial charge in [-0.1, -0.05) is 11.6 Å². The molecule has 1 heterocycles. The van der Waals surface area contributed by atoms with Gasteiger partial charge in [0.05, 0.1) is 12.1 Å². The summed E-state index contributed by atoms with van der Waals surface area (Å²) in [5, 5.41) is 4.46. The number of nitrogens with one attached hydrogen (secondary N) is 2. The molecule has 8 heteroatoms. The average molecular weight is 268 g/mol. The van der Waals surface area contributed by atoms with Crippen molar-refractivity contribution >= 4 is 23.3 Å². The molecule has 1 amide bonds. The standard InChI is InChI=1S/C9H9ClF3N3O/c1-14-8(17)4-15-7-3-5(9(11,12)13)2-6(10)16-7/h2-3H,4H2,1H3,(H,14,17)(H,15,16). The molecule has 17 heavy (non-hydrogen) atoms. The Kier molecular flexibility index (Phi) is 4.17. The van der Waals surface area contributed by atoms with Crippen molar-refractivity contribution in [2.75, 3.05) is 18.9 Å². The number of nitrogens with zero attached hydrogens (tertiary/aromatic N) is 1. The average Bonchev–Trinajstić information content (AvgIpc) is 2.24. The molecule has 0 atom stereocenters. The first-order chi connectivity index (χ1) is 7.82. The summed E-state index contributed by atoms with van der Waals surface area (Å²) >= 11 is 5.45. The second-order valence-electron chi connectivity index (χ2n) is 3.09. The van der Waals surface area contributed by atoms with Gasteiger partial charge >= 0.3 is 6.18 Å². The summed E-state index contributed by atoms with van der Waals surface area (Å²) in [5.74, 6) is -0.478. The van der Waals surface area contributed by atoms with Crippen molar-refractivity contribution in [3.8, 4) is 0 Å². The smallest absolute Gasteiger partial charge is 0.361 e. The fourth-order valence-corrected chi connectivity index (χ4v) is 1.22. The van der Waals surface area contributed by atoms with Crippen LogP contribution in [0.3, 0.4) is 0 Å². The lowest BCUT2D eigenvalue weighted by Gasteiger charge is -2.10. The largest absolute Gasteiger partial charge is 0.416 e. The topological polar surface area (TPSA) is 54.0 Å². The van der Waals surface area contributed by atoms with Crippen molar-refractivity contribution in [3.05, 3.63) is 22.8 Å². The molecule has 1 aromatic heterocycles. The first-order valence-corrected chi connectivity index (χ1v) is 4.90. The summed E-state index contributed by atoms with van der Waals surface area (Å²) in [5.41, 5.74) is -0.920. The third-order valence-electron chi connectivity index (χ3n) is 1.83. The number of alkyl halides is 3. The van der Waals surface area contributed by atoms with E-state index >= 15 is 0 Å². The minimum Gasteiger partial charge on any atom is -0.361 e. The van der Waals surface area contributed by atoms with Crippen LogP contribution in [0.15, 0.2) is 12.1 Å². The number of aromatic nitrogens is 1. The van der Waals surface area contributed by atoms with Crippen LogP contribution < -0.4 is 10.6 Å². The van der Waals surface area contributed by atoms with Crippen LogP contribution in [0, 0.1) is 0 Å². The van der Waals surface area contributed by atoms with Crippen molar-refractivity contribution in [2.24, 2.45) is 0 Å². The zero-order chi connectivity index (χ0) is 13.1. The van der Waals surface area contributed by atoms with E-state index < -0.39 is 11.7 Å². The molecule has 0 saturated heterocycles. The quantitative estimate of drug-likeness (QED) is 0.823. The second-order valence-corrected chi connectivity index (χ2v) is 3.48. The molecule has 0 aliphatic heterocycles. The molecule has 0 radical (unpaired) electrons. The predicted molar refractivity (Wildman–Crippen MR) is 56.8 cm³/mol. The molecule has 2 N–H and O–H groups in total. The maximum Gasteiger partial charge on any atom is 0.416 e. The molecule has 4 nitrogen and oxygen atoms in total. The van der Waals surface area contributed by atoms with Crippen LogP contribution in [0.1, 0.15) is 5.56 Å². The highest BCUT2D eigenvalue weighted by molar-refractivity contribution is 6.29. The van der Waals surface area contributed by atoms with Gasteiger partial charge in [0.15, 0.2) is 0 Å². The lowest BCUT2D eigenvalue weighted by atomic mass is 10.2. The molecule has 0 fully saturated rings. The highest BCUT2D eigenvalue weighted by atomic mass is 35.5. The molecule has 0 bridgehead atoms. The Morgan fingerprint density at radius 1 is 1.47 bits per heavy atom. The van der Waals surface area contributed by atoms with Crippen LogP contribution in [0.25, 0.3) is 0 Å². The van der Waals surface area contributed by atoms with Gasteiger partial charge in [0.2, 0.25) is 5.91 Å². The first kappa shape index (κ1) is 13.6. The van der Waals surface area contributed by atoms with E-state index in [2.05, 4.69) is 15.6 Å². The molecule has 0 unspecified atom stereocenters. The number of anilines is 1. The van der Waals surface area contributed by atoms with Gasteiger partial charge in [0.1, 0.15) is 11.0 Å². The molecule has 0 aliphatic carbocycles. The number of hydrogen-bond acceptors (Lipinski definition) is 3. The van der Waals surface area contributed by atoms with Gasteiger partial charge in [-0.05, 0) is 12.1 Å². The molecule has 94 valence electrons. The Hall–Kier alpha value is -1.50. The molecule has 0 spiro atoms. The van der Waals surface area contributed by atoms with E-state index in [1.54, 1.807) is 0 Å². The summed E-state index contributed by atoms with van der Waals surface area (Å²) in [7, 11) is 1.41. The number of hydrogen-bond donors (Lipinski definition) is 2. The fourth-order valence-electron chi connectivity index (χ4n) is 1.01. The van der Waals surface area contributed by atoms with E-state index in [1.165, 1.54) is 7.05 Å². The van der Waals surface area contributed by atoms with Gasteiger partial charge in [0, 0.05) is 7.05 Å². The molecule has 1 aromatic rings. The zero-order valence-corrected chi connectivity index (χ0v) is 9.49. The molecule has 0 saturated carbocycles. The summed E-state index contributed by atoms with van der Waals surface area (Å²) in [6, 6.07) is 1.50. The lowest BCUT2D eigenvalue weighted by Crippen LogP contribution is -2.26. The van der Waals surface area contributed by atoms with Gasteiger partial charge in [-0.15, -0.1) is 0 Å². The minimum absolute atomic E-state index is 0.103. The Bertz CT molecular complexity index is 422. The number of halogens is 4. The maximum absolute atomic E-state index is 12.4. The lowest BCUT2D eigenvalue weighted by molar-refractivity contribution is -0.137. The normalized spacial score (nSPS) is 11.1. The van der Waals surface area contributed by atoms with E-state index in [0.29, 0.717) is 6.07 Å². The van der Waals surface area contributed by atoms with Crippen LogP contribution in [-0.4, -0.2) is 24.5 Å². The molecule has 0 aliphatic rings. The van der Waals surface area contributed by atoms with Gasteiger partial charge < -0.3 is 10.6 Å². The number of carbonyl (C=O) groups excluding carboxylic acids is 1. The van der Waals surface area contributed by atoms with Crippen LogP contribution in [0.2, 0.25) is 5.15 Å². The Labute approximate surface area is 100 Å². The maximum atomic E-state index is 12.4. The number of rotatable bonds is 3. The Morgan fingerprint density at radius 3 is 2.65 bits per heavy atom. The third kappa shape index (κ3) is 4.10. The summed E-state index contributed by atoms with van der Waals surface area (Å²) < 4.78 is 37.3. The van der Waals surface area contributed by atoms with Gasteiger partial charge in [0.25, 0.3) is 0 Å². The van der Waals surface area contributed by atoms with Gasteiger partial charge in [-0.2, -0.15) is 13.2 Å². The van der Waals surface area contributed by atoms with E-state index in [4.69, 9.17) is 11.6 Å². The van der Waals surface area contributed by atoms with E-state index in [-0.39, 0.29) is 23.4 Å². The Balaban J connectivity index is 2.87. The van der Waals surface area contributed by atoms with Crippen molar-refractivity contribution in [2.45, 2.75) is 6.18 Å². The van der Waals surface area contributed by atoms with Crippen molar-refractivity contribution in [1.29, 1.82) is 0 Å². The third-order valence-corrected chi connectivity index (χ3v) is 2.02. The summed E-state index contributed by atoms with van der Waals surface area (Å²) in [6.45, 7) is -0.179. The monoisotopic (exact) mass is 267 g/mol. The summed E-state index contributed by atoms with van der Waals surface area (Å²) in [4.78, 5) is 14.5. The number of amides is 1. The minimum atomic E-state index is -4.50. The van der Waals surface area contributed by atoms with E-state index in [0.717, 1.165) is 6.07 Å². The van der Waals surface area contributed by atoms with E-state index in [9.17, 15) is 18.0 Å². The van der Waals surface area contributed by atoms with Gasteiger partial charge in [-0.3, -0.25) is 4.79 Å².